The minimum absolute atomic E-state index is 0.0271. The van der Waals surface area contributed by atoms with Gasteiger partial charge in [-0.05, 0) is 30.9 Å². The zero-order valence-electron chi connectivity index (χ0n) is 16.4. The predicted octanol–water partition coefficient (Wildman–Crippen LogP) is 0.949. The highest BCUT2D eigenvalue weighted by Gasteiger charge is 2.28. The Bertz CT molecular complexity index is 840. The topological polar surface area (TPSA) is 103 Å². The second-order valence-electron chi connectivity index (χ2n) is 7.41. The molecule has 2 aliphatic rings. The third-order valence-corrected chi connectivity index (χ3v) is 6.46. The van der Waals surface area contributed by atoms with Crippen LogP contribution in [0.4, 0.5) is 5.69 Å². The van der Waals surface area contributed by atoms with E-state index in [4.69, 9.17) is 0 Å². The molecule has 0 bridgehead atoms. The van der Waals surface area contributed by atoms with Crippen LogP contribution in [0, 0.1) is 5.92 Å². The number of sulfonamides is 1. The number of hydrogen-bond acceptors (Lipinski definition) is 4. The number of fused-ring (bicyclic) bond motifs is 1. The summed E-state index contributed by atoms with van der Waals surface area (Å²) >= 11 is 0. The fraction of sp³-hybridized carbons (Fsp3) is 0.579. The summed E-state index contributed by atoms with van der Waals surface area (Å²) in [7, 11) is -3.13. The lowest BCUT2D eigenvalue weighted by atomic mass is 9.90. The van der Waals surface area contributed by atoms with Crippen molar-refractivity contribution in [3.05, 3.63) is 29.8 Å². The van der Waals surface area contributed by atoms with Crippen LogP contribution in [0.25, 0.3) is 0 Å². The van der Waals surface area contributed by atoms with Gasteiger partial charge in [0.2, 0.25) is 15.9 Å². The SMILES string of the molecule is CCNC(=NCC1CCN(S(C)(=O)=O)C1)NCC1CC(=O)Nc2ccccc21. The number of guanidine groups is 1. The van der Waals surface area contributed by atoms with Crippen molar-refractivity contribution in [1.29, 1.82) is 0 Å². The van der Waals surface area contributed by atoms with E-state index in [1.54, 1.807) is 0 Å². The molecule has 0 radical (unpaired) electrons. The number of nitrogens with zero attached hydrogens (tertiary/aromatic N) is 2. The van der Waals surface area contributed by atoms with Crippen molar-refractivity contribution in [2.24, 2.45) is 10.9 Å². The van der Waals surface area contributed by atoms with Gasteiger partial charge in [-0.1, -0.05) is 18.2 Å². The molecule has 2 heterocycles. The molecule has 1 saturated heterocycles. The zero-order valence-corrected chi connectivity index (χ0v) is 17.3. The molecular weight excluding hydrogens is 378 g/mol. The van der Waals surface area contributed by atoms with Crippen molar-refractivity contribution in [1.82, 2.24) is 14.9 Å². The third-order valence-electron chi connectivity index (χ3n) is 5.19. The van der Waals surface area contributed by atoms with Gasteiger partial charge in [-0.15, -0.1) is 0 Å². The monoisotopic (exact) mass is 407 g/mol. The zero-order chi connectivity index (χ0) is 20.1. The smallest absolute Gasteiger partial charge is 0.225 e. The molecule has 154 valence electrons. The normalized spacial score (nSPS) is 23.2. The summed E-state index contributed by atoms with van der Waals surface area (Å²) in [5, 5.41) is 9.49. The molecular formula is C19H29N5O3S. The van der Waals surface area contributed by atoms with Gasteiger partial charge in [0.15, 0.2) is 5.96 Å². The number of benzene rings is 1. The number of para-hydroxylation sites is 1. The van der Waals surface area contributed by atoms with E-state index < -0.39 is 10.0 Å². The molecule has 1 amide bonds. The van der Waals surface area contributed by atoms with E-state index in [2.05, 4.69) is 20.9 Å². The Morgan fingerprint density at radius 1 is 1.32 bits per heavy atom. The standard InChI is InChI=1S/C19H29N5O3S/c1-3-20-19(21-11-14-8-9-24(13-14)28(2,26)27)22-12-15-10-18(25)23-17-7-5-4-6-16(15)17/h4-7,14-15H,3,8-13H2,1-2H3,(H,23,25)(H2,20,21,22). The highest BCUT2D eigenvalue weighted by Crippen LogP contribution is 2.31. The molecule has 9 heteroatoms. The summed E-state index contributed by atoms with van der Waals surface area (Å²) in [6.45, 7) is 5.00. The van der Waals surface area contributed by atoms with E-state index in [1.807, 2.05) is 31.2 Å². The minimum Gasteiger partial charge on any atom is -0.357 e. The fourth-order valence-corrected chi connectivity index (χ4v) is 4.63. The molecule has 3 N–H and O–H groups in total. The molecule has 2 aliphatic heterocycles. The van der Waals surface area contributed by atoms with Crippen molar-refractivity contribution in [2.75, 3.05) is 44.3 Å². The van der Waals surface area contributed by atoms with Crippen LogP contribution >= 0.6 is 0 Å². The fourth-order valence-electron chi connectivity index (χ4n) is 3.71. The molecule has 3 rings (SSSR count). The number of anilines is 1. The second-order valence-corrected chi connectivity index (χ2v) is 9.40. The van der Waals surface area contributed by atoms with Crippen LogP contribution in [0.5, 0.6) is 0 Å². The molecule has 0 aliphatic carbocycles. The first kappa shape index (κ1) is 20.6. The number of rotatable bonds is 6. The van der Waals surface area contributed by atoms with Crippen molar-refractivity contribution in [3.63, 3.8) is 0 Å². The lowest BCUT2D eigenvalue weighted by Crippen LogP contribution is -2.41. The van der Waals surface area contributed by atoms with Gasteiger partial charge in [-0.3, -0.25) is 9.79 Å². The lowest BCUT2D eigenvalue weighted by molar-refractivity contribution is -0.116. The van der Waals surface area contributed by atoms with Gasteiger partial charge >= 0.3 is 0 Å². The first-order valence-electron chi connectivity index (χ1n) is 9.73. The number of aliphatic imine (C=N–C) groups is 1. The number of carbonyl (C=O) groups is 1. The summed E-state index contributed by atoms with van der Waals surface area (Å²) in [6, 6.07) is 7.87. The Hall–Kier alpha value is -2.13. The summed E-state index contributed by atoms with van der Waals surface area (Å²) in [5.41, 5.74) is 2.00. The predicted molar refractivity (Wildman–Crippen MR) is 111 cm³/mol. The van der Waals surface area contributed by atoms with Gasteiger partial charge in [-0.2, -0.15) is 0 Å². The molecule has 1 aromatic carbocycles. The van der Waals surface area contributed by atoms with E-state index in [-0.39, 0.29) is 17.7 Å². The van der Waals surface area contributed by atoms with Gasteiger partial charge < -0.3 is 16.0 Å². The van der Waals surface area contributed by atoms with Gasteiger partial charge in [0, 0.05) is 50.7 Å². The van der Waals surface area contributed by atoms with Crippen LogP contribution in [-0.4, -0.2) is 63.6 Å². The molecule has 1 aromatic rings. The molecule has 0 spiro atoms. The van der Waals surface area contributed by atoms with E-state index in [1.165, 1.54) is 10.6 Å². The Morgan fingerprint density at radius 2 is 2.11 bits per heavy atom. The average molecular weight is 408 g/mol. The highest BCUT2D eigenvalue weighted by atomic mass is 32.2. The Kier molecular flexibility index (Phi) is 6.56. The van der Waals surface area contributed by atoms with Gasteiger partial charge in [-0.25, -0.2) is 12.7 Å². The van der Waals surface area contributed by atoms with Crippen molar-refractivity contribution in [3.8, 4) is 0 Å². The maximum absolute atomic E-state index is 12.0. The molecule has 1 fully saturated rings. The number of amides is 1. The molecule has 2 unspecified atom stereocenters. The van der Waals surface area contributed by atoms with E-state index in [0.29, 0.717) is 38.6 Å². The first-order valence-corrected chi connectivity index (χ1v) is 11.6. The summed E-state index contributed by atoms with van der Waals surface area (Å²) in [5.74, 6) is 1.04. The highest BCUT2D eigenvalue weighted by molar-refractivity contribution is 7.88. The van der Waals surface area contributed by atoms with Gasteiger partial charge in [0.25, 0.3) is 0 Å². The van der Waals surface area contributed by atoms with E-state index >= 15 is 0 Å². The number of carbonyl (C=O) groups excluding carboxylic acids is 1. The summed E-state index contributed by atoms with van der Waals surface area (Å²) < 4.78 is 24.8. The Balaban J connectivity index is 1.59. The van der Waals surface area contributed by atoms with Crippen LogP contribution < -0.4 is 16.0 Å². The first-order chi connectivity index (χ1) is 13.4. The van der Waals surface area contributed by atoms with Crippen LogP contribution in [-0.2, 0) is 14.8 Å². The van der Waals surface area contributed by atoms with E-state index in [9.17, 15) is 13.2 Å². The van der Waals surface area contributed by atoms with Crippen molar-refractivity contribution >= 4 is 27.6 Å². The summed E-state index contributed by atoms with van der Waals surface area (Å²) in [4.78, 5) is 16.6. The van der Waals surface area contributed by atoms with Crippen molar-refractivity contribution in [2.45, 2.75) is 25.7 Å². The summed E-state index contributed by atoms with van der Waals surface area (Å²) in [6.07, 6.45) is 2.52. The number of nitrogens with one attached hydrogen (secondary N) is 3. The Morgan fingerprint density at radius 3 is 2.82 bits per heavy atom. The molecule has 0 aromatic heterocycles. The quantitative estimate of drug-likeness (QED) is 0.481. The van der Waals surface area contributed by atoms with Crippen LogP contribution in [0.15, 0.2) is 29.3 Å². The maximum atomic E-state index is 12.0. The molecule has 0 saturated carbocycles. The van der Waals surface area contributed by atoms with Crippen LogP contribution in [0.1, 0.15) is 31.2 Å². The molecule has 28 heavy (non-hydrogen) atoms. The maximum Gasteiger partial charge on any atom is 0.225 e. The number of hydrogen-bond donors (Lipinski definition) is 3. The molecule has 8 nitrogen and oxygen atoms in total. The van der Waals surface area contributed by atoms with Crippen molar-refractivity contribution < 1.29 is 13.2 Å². The Labute approximate surface area is 166 Å². The van der Waals surface area contributed by atoms with Crippen LogP contribution in [0.3, 0.4) is 0 Å². The lowest BCUT2D eigenvalue weighted by Gasteiger charge is -2.26. The van der Waals surface area contributed by atoms with Crippen LogP contribution in [0.2, 0.25) is 0 Å². The minimum atomic E-state index is -3.13. The van der Waals surface area contributed by atoms with Gasteiger partial charge in [0.1, 0.15) is 0 Å². The van der Waals surface area contributed by atoms with Gasteiger partial charge in [0.05, 0.1) is 6.26 Å². The average Bonchev–Trinajstić information content (AvgIpc) is 3.13. The second kappa shape index (κ2) is 8.91. The molecule has 2 atom stereocenters. The van der Waals surface area contributed by atoms with E-state index in [0.717, 1.165) is 24.2 Å². The largest absolute Gasteiger partial charge is 0.357 e. The third kappa shape index (κ3) is 5.23.